The highest BCUT2D eigenvalue weighted by Crippen LogP contribution is 2.39. The molecule has 23 heavy (non-hydrogen) atoms. The molecule has 5 heteroatoms. The normalized spacial score (nSPS) is 12.0. The van der Waals surface area contributed by atoms with E-state index in [2.05, 4.69) is 4.98 Å². The van der Waals surface area contributed by atoms with Gasteiger partial charge in [0.15, 0.2) is 15.6 Å². The molecule has 4 nitrogen and oxygen atoms in total. The van der Waals surface area contributed by atoms with E-state index in [4.69, 9.17) is 4.42 Å². The summed E-state index contributed by atoms with van der Waals surface area (Å²) in [6, 6.07) is 16.8. The molecule has 0 unspecified atom stereocenters. The number of furan rings is 1. The van der Waals surface area contributed by atoms with Crippen LogP contribution in [0.15, 0.2) is 70.1 Å². The molecule has 0 bridgehead atoms. The first-order valence-corrected chi connectivity index (χ1v) is 9.00. The van der Waals surface area contributed by atoms with Crippen molar-refractivity contribution < 1.29 is 12.8 Å². The summed E-state index contributed by atoms with van der Waals surface area (Å²) in [6.45, 7) is 0. The molecular formula is C18H13NO3S. The maximum absolute atomic E-state index is 12.4. The highest BCUT2D eigenvalue weighted by Gasteiger charge is 2.25. The van der Waals surface area contributed by atoms with E-state index in [-0.39, 0.29) is 4.90 Å². The Kier molecular flexibility index (Phi) is 2.99. The van der Waals surface area contributed by atoms with E-state index < -0.39 is 9.84 Å². The summed E-state index contributed by atoms with van der Waals surface area (Å²) >= 11 is 0. The highest BCUT2D eigenvalue weighted by molar-refractivity contribution is 7.91. The predicted octanol–water partition coefficient (Wildman–Crippen LogP) is 4.05. The number of hydrogen-bond acceptors (Lipinski definition) is 4. The summed E-state index contributed by atoms with van der Waals surface area (Å²) in [5.74, 6) is 0.362. The van der Waals surface area contributed by atoms with Crippen LogP contribution in [0.3, 0.4) is 0 Å². The number of fused-ring (bicyclic) bond motifs is 3. The van der Waals surface area contributed by atoms with Crippen molar-refractivity contribution in [1.29, 1.82) is 0 Å². The van der Waals surface area contributed by atoms with Crippen LogP contribution >= 0.6 is 0 Å². The van der Waals surface area contributed by atoms with Gasteiger partial charge in [0.1, 0.15) is 10.5 Å². The van der Waals surface area contributed by atoms with Crippen LogP contribution in [0, 0.1) is 0 Å². The molecule has 0 spiro atoms. The zero-order chi connectivity index (χ0) is 16.0. The highest BCUT2D eigenvalue weighted by atomic mass is 32.2. The van der Waals surface area contributed by atoms with Gasteiger partial charge in [0.2, 0.25) is 0 Å². The van der Waals surface area contributed by atoms with Crippen LogP contribution in [0.1, 0.15) is 0 Å². The molecule has 0 atom stereocenters. The molecule has 0 saturated heterocycles. The van der Waals surface area contributed by atoms with Gasteiger partial charge < -0.3 is 4.42 Å². The fraction of sp³-hybridized carbons (Fsp3) is 0.0556. The molecule has 0 radical (unpaired) electrons. The SMILES string of the molecule is CS(=O)(=O)c1c(-c2ccccc2)oc2c1cnc1ccccc12. The number of sulfone groups is 1. The molecule has 0 N–H and O–H groups in total. The van der Waals surface area contributed by atoms with Crippen molar-refractivity contribution in [3.05, 3.63) is 60.8 Å². The van der Waals surface area contributed by atoms with Crippen molar-refractivity contribution in [2.75, 3.05) is 6.26 Å². The molecule has 114 valence electrons. The lowest BCUT2D eigenvalue weighted by Crippen LogP contribution is -1.98. The Balaban J connectivity index is 2.20. The number of aromatic nitrogens is 1. The molecule has 2 aromatic carbocycles. The lowest BCUT2D eigenvalue weighted by Gasteiger charge is -2.00. The molecule has 4 rings (SSSR count). The van der Waals surface area contributed by atoms with Gasteiger partial charge in [-0.2, -0.15) is 0 Å². The molecule has 0 aliphatic rings. The standard InChI is InChI=1S/C18H13NO3S/c1-23(20,21)18-14-11-19-15-10-6-5-9-13(15)17(14)22-16(18)12-7-3-2-4-8-12/h2-11H,1H3. The number of pyridine rings is 1. The average Bonchev–Trinajstić information content (AvgIpc) is 2.96. The van der Waals surface area contributed by atoms with E-state index in [0.717, 1.165) is 16.5 Å². The summed E-state index contributed by atoms with van der Waals surface area (Å²) in [5, 5.41) is 1.32. The molecule has 0 saturated carbocycles. The van der Waals surface area contributed by atoms with Gasteiger partial charge in [0.25, 0.3) is 0 Å². The molecule has 0 fully saturated rings. The Hall–Kier alpha value is -2.66. The Labute approximate surface area is 133 Å². The fourth-order valence-corrected chi connectivity index (χ4v) is 3.85. The second kappa shape index (κ2) is 4.93. The van der Waals surface area contributed by atoms with E-state index in [1.165, 1.54) is 6.26 Å². The first-order chi connectivity index (χ1) is 11.1. The lowest BCUT2D eigenvalue weighted by atomic mass is 10.1. The monoisotopic (exact) mass is 323 g/mol. The summed E-state index contributed by atoms with van der Waals surface area (Å²) in [6.07, 6.45) is 2.77. The van der Waals surface area contributed by atoms with Gasteiger partial charge in [-0.25, -0.2) is 8.42 Å². The molecule has 2 heterocycles. The van der Waals surface area contributed by atoms with Crippen LogP contribution in [-0.4, -0.2) is 19.7 Å². The smallest absolute Gasteiger partial charge is 0.180 e. The van der Waals surface area contributed by atoms with Gasteiger partial charge in [-0.1, -0.05) is 42.5 Å². The van der Waals surface area contributed by atoms with Gasteiger partial charge in [0.05, 0.1) is 10.9 Å². The molecule has 4 aromatic rings. The number of para-hydroxylation sites is 1. The number of nitrogens with zero attached hydrogens (tertiary/aromatic N) is 1. The first kappa shape index (κ1) is 14.0. The minimum Gasteiger partial charge on any atom is -0.454 e. The van der Waals surface area contributed by atoms with Crippen molar-refractivity contribution in [3.8, 4) is 11.3 Å². The minimum absolute atomic E-state index is 0.192. The number of rotatable bonds is 2. The zero-order valence-electron chi connectivity index (χ0n) is 12.4. The van der Waals surface area contributed by atoms with Crippen LogP contribution in [0.4, 0.5) is 0 Å². The Morgan fingerprint density at radius 3 is 2.35 bits per heavy atom. The largest absolute Gasteiger partial charge is 0.454 e. The van der Waals surface area contributed by atoms with Crippen molar-refractivity contribution in [1.82, 2.24) is 4.98 Å². The second-order valence-corrected chi connectivity index (χ2v) is 7.37. The van der Waals surface area contributed by atoms with E-state index in [1.54, 1.807) is 6.20 Å². The van der Waals surface area contributed by atoms with Gasteiger partial charge >= 0.3 is 0 Å². The Morgan fingerprint density at radius 2 is 1.61 bits per heavy atom. The van der Waals surface area contributed by atoms with E-state index >= 15 is 0 Å². The van der Waals surface area contributed by atoms with Crippen molar-refractivity contribution in [3.63, 3.8) is 0 Å². The number of benzene rings is 2. The fourth-order valence-electron chi connectivity index (χ4n) is 2.81. The third-order valence-corrected chi connectivity index (χ3v) is 4.93. The maximum Gasteiger partial charge on any atom is 0.180 e. The Morgan fingerprint density at radius 1 is 0.913 bits per heavy atom. The van der Waals surface area contributed by atoms with Crippen LogP contribution in [0.25, 0.3) is 33.2 Å². The van der Waals surface area contributed by atoms with E-state index in [9.17, 15) is 8.42 Å². The third-order valence-electron chi connectivity index (χ3n) is 3.79. The van der Waals surface area contributed by atoms with Gasteiger partial charge in [0, 0.05) is 23.4 Å². The van der Waals surface area contributed by atoms with Crippen LogP contribution < -0.4 is 0 Å². The zero-order valence-corrected chi connectivity index (χ0v) is 13.2. The third kappa shape index (κ3) is 2.21. The van der Waals surface area contributed by atoms with Crippen LogP contribution in [0.2, 0.25) is 0 Å². The van der Waals surface area contributed by atoms with Crippen molar-refractivity contribution in [2.45, 2.75) is 4.90 Å². The van der Waals surface area contributed by atoms with Crippen LogP contribution in [0.5, 0.6) is 0 Å². The van der Waals surface area contributed by atoms with Gasteiger partial charge in [-0.3, -0.25) is 4.98 Å². The molecule has 0 amide bonds. The maximum atomic E-state index is 12.4. The van der Waals surface area contributed by atoms with Crippen molar-refractivity contribution in [2.24, 2.45) is 0 Å². The van der Waals surface area contributed by atoms with Gasteiger partial charge in [-0.15, -0.1) is 0 Å². The van der Waals surface area contributed by atoms with E-state index in [0.29, 0.717) is 16.7 Å². The first-order valence-electron chi connectivity index (χ1n) is 7.11. The molecular weight excluding hydrogens is 310 g/mol. The Bertz CT molecular complexity index is 1130. The minimum atomic E-state index is -3.47. The summed E-state index contributed by atoms with van der Waals surface area (Å²) in [5.41, 5.74) is 2.05. The topological polar surface area (TPSA) is 60.2 Å². The summed E-state index contributed by atoms with van der Waals surface area (Å²) in [4.78, 5) is 4.56. The lowest BCUT2D eigenvalue weighted by molar-refractivity contribution is 0.595. The molecule has 0 aliphatic heterocycles. The predicted molar refractivity (Wildman–Crippen MR) is 90.1 cm³/mol. The molecule has 2 aromatic heterocycles. The van der Waals surface area contributed by atoms with Crippen molar-refractivity contribution >= 4 is 31.7 Å². The quantitative estimate of drug-likeness (QED) is 0.558. The average molecular weight is 323 g/mol. The van der Waals surface area contributed by atoms with Gasteiger partial charge in [-0.05, 0) is 12.1 Å². The summed E-state index contributed by atoms with van der Waals surface area (Å²) in [7, 11) is -3.47. The van der Waals surface area contributed by atoms with E-state index in [1.807, 2.05) is 54.6 Å². The second-order valence-electron chi connectivity index (χ2n) is 5.42. The number of hydrogen-bond donors (Lipinski definition) is 0. The van der Waals surface area contributed by atoms with Crippen LogP contribution in [-0.2, 0) is 9.84 Å². The summed E-state index contributed by atoms with van der Waals surface area (Å²) < 4.78 is 30.7. The molecule has 0 aliphatic carbocycles.